The van der Waals surface area contributed by atoms with E-state index in [4.69, 9.17) is 10.2 Å². The second kappa shape index (κ2) is 1.97. The van der Waals surface area contributed by atoms with E-state index in [2.05, 4.69) is 0 Å². The molecular weight excluding hydrogens is 116 g/mol. The van der Waals surface area contributed by atoms with Gasteiger partial charge in [-0.05, 0) is 13.0 Å². The van der Waals surface area contributed by atoms with Gasteiger partial charge in [0.1, 0.15) is 0 Å². The Morgan fingerprint density at radius 2 is 2.22 bits per heavy atom. The van der Waals surface area contributed by atoms with Crippen LogP contribution in [0, 0.1) is 0 Å². The first-order chi connectivity index (χ1) is 4.10. The van der Waals surface area contributed by atoms with Crippen molar-refractivity contribution < 1.29 is 10.2 Å². The Bertz CT molecular complexity index is 166. The van der Waals surface area contributed by atoms with E-state index in [9.17, 15) is 0 Å². The van der Waals surface area contributed by atoms with Gasteiger partial charge in [0, 0.05) is 6.42 Å². The Hall–Kier alpha value is -0.600. The summed E-state index contributed by atoms with van der Waals surface area (Å²) in [4.78, 5) is 0. The first kappa shape index (κ1) is 6.52. The lowest BCUT2D eigenvalue weighted by Gasteiger charge is -2.18. The second-order valence-corrected chi connectivity index (χ2v) is 2.36. The summed E-state index contributed by atoms with van der Waals surface area (Å²) in [5.74, 6) is -1.60. The quantitative estimate of drug-likeness (QED) is 0.466. The van der Waals surface area contributed by atoms with Crippen molar-refractivity contribution in [2.24, 2.45) is 0 Å². The normalized spacial score (nSPS) is 23.7. The van der Waals surface area contributed by atoms with Crippen molar-refractivity contribution in [1.29, 1.82) is 0 Å². The van der Waals surface area contributed by atoms with Crippen LogP contribution in [0.15, 0.2) is 23.8 Å². The smallest absolute Gasteiger partial charge is 0.186 e. The molecule has 2 heteroatoms. The molecule has 0 aromatic carbocycles. The largest absolute Gasteiger partial charge is 0.362 e. The van der Waals surface area contributed by atoms with Crippen LogP contribution in [0.2, 0.25) is 0 Å². The molecule has 9 heavy (non-hydrogen) atoms. The van der Waals surface area contributed by atoms with E-state index < -0.39 is 5.79 Å². The number of aliphatic hydroxyl groups is 2. The van der Waals surface area contributed by atoms with Gasteiger partial charge in [0.2, 0.25) is 0 Å². The maximum Gasteiger partial charge on any atom is 0.186 e. The average Bonchev–Trinajstić information content (AvgIpc) is 1.78. The van der Waals surface area contributed by atoms with Crippen molar-refractivity contribution in [3.05, 3.63) is 23.8 Å². The second-order valence-electron chi connectivity index (χ2n) is 2.36. The van der Waals surface area contributed by atoms with E-state index in [1.165, 1.54) is 6.08 Å². The fraction of sp³-hybridized carbons (Fsp3) is 0.429. The summed E-state index contributed by atoms with van der Waals surface area (Å²) in [6, 6.07) is 0. The minimum absolute atomic E-state index is 0.301. The van der Waals surface area contributed by atoms with Gasteiger partial charge in [-0.2, -0.15) is 0 Å². The van der Waals surface area contributed by atoms with Gasteiger partial charge in [-0.15, -0.1) is 0 Å². The Kier molecular flexibility index (Phi) is 1.43. The van der Waals surface area contributed by atoms with Crippen molar-refractivity contribution in [3.63, 3.8) is 0 Å². The molecule has 0 radical (unpaired) electrons. The molecular formula is C7H10O2. The zero-order chi connectivity index (χ0) is 6.91. The van der Waals surface area contributed by atoms with Crippen LogP contribution >= 0.6 is 0 Å². The number of rotatable bonds is 0. The van der Waals surface area contributed by atoms with E-state index in [1.54, 1.807) is 12.2 Å². The van der Waals surface area contributed by atoms with Crippen LogP contribution < -0.4 is 0 Å². The molecule has 50 valence electrons. The molecule has 0 bridgehead atoms. The molecule has 1 aliphatic rings. The number of allylic oxidation sites excluding steroid dienone is 2. The van der Waals surface area contributed by atoms with Gasteiger partial charge >= 0.3 is 0 Å². The minimum atomic E-state index is -1.60. The lowest BCUT2D eigenvalue weighted by Crippen LogP contribution is -2.25. The summed E-state index contributed by atoms with van der Waals surface area (Å²) >= 11 is 0. The third kappa shape index (κ3) is 1.66. The van der Waals surface area contributed by atoms with Crippen LogP contribution in [0.25, 0.3) is 0 Å². The molecule has 1 rings (SSSR count). The molecule has 0 aromatic heterocycles. The van der Waals surface area contributed by atoms with Crippen LogP contribution in [-0.2, 0) is 0 Å². The van der Waals surface area contributed by atoms with E-state index in [0.29, 0.717) is 6.42 Å². The van der Waals surface area contributed by atoms with Gasteiger partial charge in [-0.1, -0.05) is 17.7 Å². The summed E-state index contributed by atoms with van der Waals surface area (Å²) in [7, 11) is 0. The van der Waals surface area contributed by atoms with E-state index >= 15 is 0 Å². The molecule has 0 heterocycles. The van der Waals surface area contributed by atoms with Crippen molar-refractivity contribution >= 4 is 0 Å². The lowest BCUT2D eigenvalue weighted by atomic mass is 10.0. The first-order valence-electron chi connectivity index (χ1n) is 2.91. The van der Waals surface area contributed by atoms with Gasteiger partial charge in [0.25, 0.3) is 0 Å². The fourth-order valence-corrected chi connectivity index (χ4v) is 0.712. The van der Waals surface area contributed by atoms with Gasteiger partial charge in [-0.3, -0.25) is 0 Å². The summed E-state index contributed by atoms with van der Waals surface area (Å²) < 4.78 is 0. The summed E-state index contributed by atoms with van der Waals surface area (Å²) in [5.41, 5.74) is 1.08. The molecule has 0 fully saturated rings. The van der Waals surface area contributed by atoms with Crippen molar-refractivity contribution in [2.75, 3.05) is 0 Å². The van der Waals surface area contributed by atoms with Gasteiger partial charge in [0.15, 0.2) is 5.79 Å². The zero-order valence-electron chi connectivity index (χ0n) is 5.33. The Morgan fingerprint density at radius 3 is 2.56 bits per heavy atom. The summed E-state index contributed by atoms with van der Waals surface area (Å²) in [5, 5.41) is 17.8. The predicted molar refractivity (Wildman–Crippen MR) is 34.7 cm³/mol. The van der Waals surface area contributed by atoms with Gasteiger partial charge in [-0.25, -0.2) is 0 Å². The molecule has 0 aliphatic heterocycles. The summed E-state index contributed by atoms with van der Waals surface area (Å²) in [6.07, 6.45) is 5.18. The predicted octanol–water partition coefficient (Wildman–Crippen LogP) is 0.573. The number of hydrogen-bond donors (Lipinski definition) is 2. The molecule has 2 nitrogen and oxygen atoms in total. The SMILES string of the molecule is CC1=CCC(O)(O)C=C1. The molecule has 0 amide bonds. The average molecular weight is 126 g/mol. The Morgan fingerprint density at radius 1 is 1.56 bits per heavy atom. The first-order valence-corrected chi connectivity index (χ1v) is 2.91. The van der Waals surface area contributed by atoms with Crippen molar-refractivity contribution in [3.8, 4) is 0 Å². The van der Waals surface area contributed by atoms with Crippen LogP contribution in [-0.4, -0.2) is 16.0 Å². The zero-order valence-corrected chi connectivity index (χ0v) is 5.33. The maximum absolute atomic E-state index is 8.92. The highest BCUT2D eigenvalue weighted by molar-refractivity contribution is 5.23. The topological polar surface area (TPSA) is 40.5 Å². The van der Waals surface area contributed by atoms with Gasteiger partial charge in [0.05, 0.1) is 0 Å². The monoisotopic (exact) mass is 126 g/mol. The molecule has 0 saturated carbocycles. The molecule has 0 atom stereocenters. The highest BCUT2D eigenvalue weighted by atomic mass is 16.5. The number of hydrogen-bond acceptors (Lipinski definition) is 2. The maximum atomic E-state index is 8.92. The standard InChI is InChI=1S/C7H10O2/c1-6-2-4-7(8,9)5-3-6/h2-4,8-9H,5H2,1H3. The van der Waals surface area contributed by atoms with Crippen LogP contribution in [0.4, 0.5) is 0 Å². The molecule has 0 saturated heterocycles. The molecule has 2 N–H and O–H groups in total. The molecule has 0 aromatic rings. The van der Waals surface area contributed by atoms with Crippen molar-refractivity contribution in [1.82, 2.24) is 0 Å². The Labute approximate surface area is 54.1 Å². The van der Waals surface area contributed by atoms with Crippen LogP contribution in [0.1, 0.15) is 13.3 Å². The fourth-order valence-electron chi connectivity index (χ4n) is 0.712. The highest BCUT2D eigenvalue weighted by Gasteiger charge is 2.18. The Balaban J connectivity index is 2.70. The van der Waals surface area contributed by atoms with Crippen LogP contribution in [0.5, 0.6) is 0 Å². The molecule has 1 aliphatic carbocycles. The highest BCUT2D eigenvalue weighted by Crippen LogP contribution is 2.16. The molecule has 0 unspecified atom stereocenters. The molecule has 0 spiro atoms. The van der Waals surface area contributed by atoms with Crippen molar-refractivity contribution in [2.45, 2.75) is 19.1 Å². The van der Waals surface area contributed by atoms with E-state index in [1.807, 2.05) is 6.92 Å². The van der Waals surface area contributed by atoms with E-state index in [-0.39, 0.29) is 0 Å². The van der Waals surface area contributed by atoms with E-state index in [0.717, 1.165) is 5.57 Å². The third-order valence-corrected chi connectivity index (χ3v) is 1.34. The van der Waals surface area contributed by atoms with Crippen LogP contribution in [0.3, 0.4) is 0 Å². The lowest BCUT2D eigenvalue weighted by molar-refractivity contribution is -0.115. The third-order valence-electron chi connectivity index (χ3n) is 1.34. The minimum Gasteiger partial charge on any atom is -0.362 e. The summed E-state index contributed by atoms with van der Waals surface area (Å²) in [6.45, 7) is 1.92. The van der Waals surface area contributed by atoms with Gasteiger partial charge < -0.3 is 10.2 Å².